The molecule has 0 spiro atoms. The molecule has 0 radical (unpaired) electrons. The predicted molar refractivity (Wildman–Crippen MR) is 104 cm³/mol. The van der Waals surface area contributed by atoms with E-state index in [1.54, 1.807) is 26.8 Å². The van der Waals surface area contributed by atoms with Crippen molar-refractivity contribution in [2.24, 2.45) is 5.92 Å². The molecule has 1 aliphatic heterocycles. The average Bonchev–Trinajstić information content (AvgIpc) is 2.63. The van der Waals surface area contributed by atoms with Crippen molar-refractivity contribution in [2.45, 2.75) is 71.1 Å². The molecule has 0 aromatic heterocycles. The number of ether oxygens (including phenoxy) is 3. The maximum absolute atomic E-state index is 12.9. The SMILES string of the molecule is CCCCC#C[C@H]1CC=C[C@@H](C(C(=O)OC)C(=O)OC)N1C(=O)OC(C)(C)C. The van der Waals surface area contributed by atoms with Crippen LogP contribution in [0.5, 0.6) is 0 Å². The minimum atomic E-state index is -1.32. The molecule has 0 saturated heterocycles. The lowest BCUT2D eigenvalue weighted by Gasteiger charge is -2.39. The quantitative estimate of drug-likeness (QED) is 0.178. The number of hydrogen-bond donors (Lipinski definition) is 0. The molecule has 1 heterocycles. The van der Waals surface area contributed by atoms with Gasteiger partial charge in [0.1, 0.15) is 11.6 Å². The van der Waals surface area contributed by atoms with E-state index in [9.17, 15) is 14.4 Å². The third-order valence-electron chi connectivity index (χ3n) is 4.13. The Balaban J connectivity index is 3.31. The first-order valence-electron chi connectivity index (χ1n) is 9.48. The topological polar surface area (TPSA) is 82.1 Å². The fourth-order valence-electron chi connectivity index (χ4n) is 2.81. The molecule has 2 atom stereocenters. The minimum absolute atomic E-state index is 0.476. The molecule has 28 heavy (non-hydrogen) atoms. The van der Waals surface area contributed by atoms with Gasteiger partial charge in [0.15, 0.2) is 5.92 Å². The van der Waals surface area contributed by atoms with Crippen LogP contribution in [0.3, 0.4) is 0 Å². The van der Waals surface area contributed by atoms with Crippen LogP contribution in [0.1, 0.15) is 53.4 Å². The van der Waals surface area contributed by atoms with Crippen LogP contribution in [0.4, 0.5) is 4.79 Å². The molecule has 0 aliphatic carbocycles. The number of carbonyl (C=O) groups is 3. The van der Waals surface area contributed by atoms with Gasteiger partial charge in [-0.3, -0.25) is 14.5 Å². The lowest BCUT2D eigenvalue weighted by atomic mass is 9.92. The van der Waals surface area contributed by atoms with Gasteiger partial charge in [-0.2, -0.15) is 0 Å². The van der Waals surface area contributed by atoms with E-state index >= 15 is 0 Å². The van der Waals surface area contributed by atoms with E-state index in [-0.39, 0.29) is 0 Å². The molecule has 7 heteroatoms. The number of esters is 2. The summed E-state index contributed by atoms with van der Waals surface area (Å²) in [6.07, 6.45) is 5.96. The highest BCUT2D eigenvalue weighted by Gasteiger charge is 2.45. The van der Waals surface area contributed by atoms with Crippen molar-refractivity contribution in [1.82, 2.24) is 4.90 Å². The second-order valence-corrected chi connectivity index (χ2v) is 7.51. The van der Waals surface area contributed by atoms with Crippen molar-refractivity contribution in [2.75, 3.05) is 14.2 Å². The van der Waals surface area contributed by atoms with E-state index < -0.39 is 41.6 Å². The smallest absolute Gasteiger partial charge is 0.411 e. The summed E-state index contributed by atoms with van der Waals surface area (Å²) >= 11 is 0. The Morgan fingerprint density at radius 3 is 2.29 bits per heavy atom. The second-order valence-electron chi connectivity index (χ2n) is 7.51. The van der Waals surface area contributed by atoms with E-state index in [0.717, 1.165) is 12.8 Å². The van der Waals surface area contributed by atoms with Crippen LogP contribution in [-0.4, -0.2) is 54.8 Å². The molecule has 1 aliphatic rings. The molecule has 0 saturated carbocycles. The van der Waals surface area contributed by atoms with Gasteiger partial charge < -0.3 is 14.2 Å². The van der Waals surface area contributed by atoms with Gasteiger partial charge in [0.2, 0.25) is 0 Å². The Bertz CT molecular complexity index is 636. The first-order chi connectivity index (χ1) is 13.2. The molecule has 0 aromatic rings. The summed E-state index contributed by atoms with van der Waals surface area (Å²) in [5.74, 6) is 3.29. The van der Waals surface area contributed by atoms with Gasteiger partial charge in [0.05, 0.1) is 20.3 Å². The zero-order valence-electron chi connectivity index (χ0n) is 17.6. The third kappa shape index (κ3) is 6.59. The molecule has 0 N–H and O–H groups in total. The average molecular weight is 393 g/mol. The van der Waals surface area contributed by atoms with Crippen molar-refractivity contribution in [3.05, 3.63) is 12.2 Å². The van der Waals surface area contributed by atoms with Gasteiger partial charge in [0.25, 0.3) is 0 Å². The molecule has 156 valence electrons. The monoisotopic (exact) mass is 393 g/mol. The largest absolute Gasteiger partial charge is 0.468 e. The van der Waals surface area contributed by atoms with Gasteiger partial charge in [-0.05, 0) is 33.6 Å². The zero-order chi connectivity index (χ0) is 21.3. The molecule has 0 fully saturated rings. The van der Waals surface area contributed by atoms with Crippen molar-refractivity contribution in [3.8, 4) is 11.8 Å². The molecule has 0 aromatic carbocycles. The van der Waals surface area contributed by atoms with Crippen LogP contribution in [0, 0.1) is 17.8 Å². The summed E-state index contributed by atoms with van der Waals surface area (Å²) in [5, 5.41) is 0. The number of amides is 1. The van der Waals surface area contributed by atoms with Gasteiger partial charge >= 0.3 is 18.0 Å². The van der Waals surface area contributed by atoms with Gasteiger partial charge in [0, 0.05) is 6.42 Å². The fraction of sp³-hybridized carbons (Fsp3) is 0.667. The van der Waals surface area contributed by atoms with Gasteiger partial charge in [-0.15, -0.1) is 5.92 Å². The second kappa shape index (κ2) is 10.7. The summed E-state index contributed by atoms with van der Waals surface area (Å²) in [7, 11) is 2.37. The molecular formula is C21H31NO6. The Morgan fingerprint density at radius 1 is 1.18 bits per heavy atom. The van der Waals surface area contributed by atoms with E-state index in [0.29, 0.717) is 12.8 Å². The number of nitrogens with zero attached hydrogens (tertiary/aromatic N) is 1. The summed E-state index contributed by atoms with van der Waals surface area (Å²) in [6.45, 7) is 7.32. The summed E-state index contributed by atoms with van der Waals surface area (Å²) in [5.41, 5.74) is -0.741. The molecule has 7 nitrogen and oxygen atoms in total. The van der Waals surface area contributed by atoms with Gasteiger partial charge in [-0.1, -0.05) is 31.4 Å². The maximum Gasteiger partial charge on any atom is 0.411 e. The normalized spacial score (nSPS) is 18.9. The highest BCUT2D eigenvalue weighted by Crippen LogP contribution is 2.27. The minimum Gasteiger partial charge on any atom is -0.468 e. The molecule has 1 rings (SSSR count). The van der Waals surface area contributed by atoms with Crippen LogP contribution in [0.25, 0.3) is 0 Å². The van der Waals surface area contributed by atoms with Crippen molar-refractivity contribution in [3.63, 3.8) is 0 Å². The molecular weight excluding hydrogens is 362 g/mol. The highest BCUT2D eigenvalue weighted by molar-refractivity contribution is 5.96. The van der Waals surface area contributed by atoms with Crippen LogP contribution in [-0.2, 0) is 23.8 Å². The third-order valence-corrected chi connectivity index (χ3v) is 4.13. The highest BCUT2D eigenvalue weighted by atomic mass is 16.6. The molecule has 0 bridgehead atoms. The number of methoxy groups -OCH3 is 2. The Labute approximate surface area is 167 Å². The number of unbranched alkanes of at least 4 members (excludes halogenated alkanes) is 2. The van der Waals surface area contributed by atoms with E-state index in [4.69, 9.17) is 14.2 Å². The van der Waals surface area contributed by atoms with Crippen LogP contribution in [0.15, 0.2) is 12.2 Å². The first-order valence-corrected chi connectivity index (χ1v) is 9.48. The van der Waals surface area contributed by atoms with Crippen molar-refractivity contribution in [1.29, 1.82) is 0 Å². The number of carbonyl (C=O) groups excluding carboxylic acids is 3. The Hall–Kier alpha value is -2.49. The molecule has 0 unspecified atom stereocenters. The van der Waals surface area contributed by atoms with Gasteiger partial charge in [-0.25, -0.2) is 4.79 Å². The summed E-state index contributed by atoms with van der Waals surface area (Å²) < 4.78 is 15.1. The Morgan fingerprint density at radius 2 is 1.79 bits per heavy atom. The lowest BCUT2D eigenvalue weighted by molar-refractivity contribution is -0.161. The van der Waals surface area contributed by atoms with Crippen molar-refractivity contribution < 1.29 is 28.6 Å². The van der Waals surface area contributed by atoms with Crippen LogP contribution in [0.2, 0.25) is 0 Å². The van der Waals surface area contributed by atoms with E-state index in [1.165, 1.54) is 19.1 Å². The summed E-state index contributed by atoms with van der Waals surface area (Å²) in [4.78, 5) is 38.9. The van der Waals surface area contributed by atoms with Crippen LogP contribution < -0.4 is 0 Å². The predicted octanol–water partition coefficient (Wildman–Crippen LogP) is 3.08. The van der Waals surface area contributed by atoms with E-state index in [1.807, 2.05) is 6.08 Å². The maximum atomic E-state index is 12.9. The van der Waals surface area contributed by atoms with E-state index in [2.05, 4.69) is 18.8 Å². The lowest BCUT2D eigenvalue weighted by Crippen LogP contribution is -2.55. The number of hydrogen-bond acceptors (Lipinski definition) is 6. The van der Waals surface area contributed by atoms with Crippen LogP contribution >= 0.6 is 0 Å². The number of rotatable bonds is 5. The fourth-order valence-corrected chi connectivity index (χ4v) is 2.81. The standard InChI is InChI=1S/C21H31NO6/c1-7-8-9-10-12-15-13-11-14-16(17(18(23)26-5)19(24)27-6)22(15)20(25)28-21(2,3)4/h11,14-17H,7-9,13H2,1-6H3/t15-,16-/m0/s1. The first kappa shape index (κ1) is 23.5. The summed E-state index contributed by atoms with van der Waals surface area (Å²) in [6, 6.07) is -1.42. The Kier molecular flexibility index (Phi) is 9.04. The zero-order valence-corrected chi connectivity index (χ0v) is 17.6. The molecule has 1 amide bonds. The van der Waals surface area contributed by atoms with Crippen molar-refractivity contribution >= 4 is 18.0 Å².